The predicted molar refractivity (Wildman–Crippen MR) is 128 cm³/mol. The molecule has 1 unspecified atom stereocenters. The van der Waals surface area contributed by atoms with Gasteiger partial charge >= 0.3 is 0 Å². The highest BCUT2D eigenvalue weighted by molar-refractivity contribution is 14.0. The standard InChI is InChI=1S/C22H36N4O.HI/c1-3-19-5-7-20(8-6-19)9-11-24-22(23-4-2)26-12-10-21(18-26)17-25-13-15-27-16-14-25;/h5-8,21H,3-4,9-18H2,1-2H3,(H,23,24);1H. The van der Waals surface area contributed by atoms with Gasteiger partial charge in [-0.1, -0.05) is 31.2 Å². The minimum Gasteiger partial charge on any atom is -0.379 e. The number of nitrogens with one attached hydrogen (secondary N) is 1. The van der Waals surface area contributed by atoms with E-state index in [1.807, 2.05) is 0 Å². The van der Waals surface area contributed by atoms with Crippen molar-refractivity contribution in [2.45, 2.75) is 33.1 Å². The van der Waals surface area contributed by atoms with Crippen LogP contribution in [0.2, 0.25) is 0 Å². The quantitative estimate of drug-likeness (QED) is 0.355. The maximum atomic E-state index is 5.47. The molecule has 3 rings (SSSR count). The number of morpholine rings is 1. The third-order valence-electron chi connectivity index (χ3n) is 5.63. The summed E-state index contributed by atoms with van der Waals surface area (Å²) in [6.45, 7) is 13.5. The molecule has 2 fully saturated rings. The summed E-state index contributed by atoms with van der Waals surface area (Å²) >= 11 is 0. The normalized spacial score (nSPS) is 20.9. The summed E-state index contributed by atoms with van der Waals surface area (Å²) in [7, 11) is 0. The number of aryl methyl sites for hydroxylation is 1. The van der Waals surface area contributed by atoms with Crippen molar-refractivity contribution in [3.8, 4) is 0 Å². The van der Waals surface area contributed by atoms with Gasteiger partial charge in [-0.3, -0.25) is 9.89 Å². The zero-order valence-electron chi connectivity index (χ0n) is 17.5. The van der Waals surface area contributed by atoms with Crippen molar-refractivity contribution in [3.05, 3.63) is 35.4 Å². The van der Waals surface area contributed by atoms with E-state index in [9.17, 15) is 0 Å². The van der Waals surface area contributed by atoms with Crippen molar-refractivity contribution in [2.24, 2.45) is 10.9 Å². The largest absolute Gasteiger partial charge is 0.379 e. The van der Waals surface area contributed by atoms with E-state index in [-0.39, 0.29) is 24.0 Å². The van der Waals surface area contributed by atoms with Crippen LogP contribution in [0, 0.1) is 5.92 Å². The first kappa shape index (κ1) is 23.4. The van der Waals surface area contributed by atoms with Gasteiger partial charge < -0.3 is 15.0 Å². The average molecular weight is 500 g/mol. The van der Waals surface area contributed by atoms with Crippen LogP contribution in [0.15, 0.2) is 29.3 Å². The second-order valence-corrected chi connectivity index (χ2v) is 7.67. The van der Waals surface area contributed by atoms with Gasteiger partial charge in [0.2, 0.25) is 0 Å². The Hall–Kier alpha value is -0.860. The summed E-state index contributed by atoms with van der Waals surface area (Å²) in [5.41, 5.74) is 2.78. The number of guanidine groups is 1. The fraction of sp³-hybridized carbons (Fsp3) is 0.682. The van der Waals surface area contributed by atoms with E-state index in [2.05, 4.69) is 53.2 Å². The summed E-state index contributed by atoms with van der Waals surface area (Å²) in [5, 5.41) is 3.50. The zero-order chi connectivity index (χ0) is 18.9. The minimum absolute atomic E-state index is 0. The van der Waals surface area contributed by atoms with Crippen molar-refractivity contribution in [3.63, 3.8) is 0 Å². The Labute approximate surface area is 187 Å². The van der Waals surface area contributed by atoms with Crippen LogP contribution in [0.3, 0.4) is 0 Å². The van der Waals surface area contributed by atoms with Crippen LogP contribution in [-0.4, -0.2) is 74.8 Å². The van der Waals surface area contributed by atoms with Gasteiger partial charge in [0.05, 0.1) is 13.2 Å². The first-order valence-corrected chi connectivity index (χ1v) is 10.7. The molecule has 1 N–H and O–H groups in total. The van der Waals surface area contributed by atoms with Crippen LogP contribution in [0.4, 0.5) is 0 Å². The monoisotopic (exact) mass is 500 g/mol. The SMILES string of the molecule is CCNC(=NCCc1ccc(CC)cc1)N1CCC(CN2CCOCC2)C1.I. The Morgan fingerprint density at radius 1 is 1.11 bits per heavy atom. The van der Waals surface area contributed by atoms with Crippen LogP contribution in [0.1, 0.15) is 31.4 Å². The lowest BCUT2D eigenvalue weighted by molar-refractivity contribution is 0.0315. The van der Waals surface area contributed by atoms with Crippen LogP contribution >= 0.6 is 24.0 Å². The molecule has 2 heterocycles. The minimum atomic E-state index is 0. The lowest BCUT2D eigenvalue weighted by Crippen LogP contribution is -2.42. The number of rotatable bonds is 7. The average Bonchev–Trinajstić information content (AvgIpc) is 3.17. The number of ether oxygens (including phenoxy) is 1. The third kappa shape index (κ3) is 7.19. The summed E-state index contributed by atoms with van der Waals surface area (Å²) in [6.07, 6.45) is 3.37. The second kappa shape index (κ2) is 12.6. The molecule has 2 aliphatic rings. The van der Waals surface area contributed by atoms with Gasteiger partial charge in [-0.05, 0) is 43.2 Å². The van der Waals surface area contributed by atoms with E-state index in [4.69, 9.17) is 9.73 Å². The smallest absolute Gasteiger partial charge is 0.193 e. The van der Waals surface area contributed by atoms with E-state index < -0.39 is 0 Å². The summed E-state index contributed by atoms with van der Waals surface area (Å²) in [4.78, 5) is 9.92. The molecule has 2 saturated heterocycles. The van der Waals surface area contributed by atoms with Crippen molar-refractivity contribution in [2.75, 3.05) is 59.0 Å². The van der Waals surface area contributed by atoms with Crippen LogP contribution in [0.5, 0.6) is 0 Å². The molecule has 0 aromatic heterocycles. The van der Waals surface area contributed by atoms with Gasteiger partial charge in [0, 0.05) is 45.8 Å². The Bertz CT molecular complexity index is 587. The van der Waals surface area contributed by atoms with Gasteiger partial charge in [-0.15, -0.1) is 24.0 Å². The molecule has 1 aromatic carbocycles. The molecule has 0 bridgehead atoms. The zero-order valence-corrected chi connectivity index (χ0v) is 19.9. The number of hydrogen-bond donors (Lipinski definition) is 1. The molecule has 0 amide bonds. The van der Waals surface area contributed by atoms with E-state index in [0.29, 0.717) is 0 Å². The molecule has 2 aliphatic heterocycles. The lowest BCUT2D eigenvalue weighted by atomic mass is 10.1. The predicted octanol–water partition coefficient (Wildman–Crippen LogP) is 3.03. The highest BCUT2D eigenvalue weighted by Crippen LogP contribution is 2.18. The fourth-order valence-electron chi connectivity index (χ4n) is 3.98. The maximum Gasteiger partial charge on any atom is 0.193 e. The Morgan fingerprint density at radius 3 is 2.50 bits per heavy atom. The van der Waals surface area contributed by atoms with Crippen LogP contribution < -0.4 is 5.32 Å². The van der Waals surface area contributed by atoms with Crippen LogP contribution in [0.25, 0.3) is 0 Å². The van der Waals surface area contributed by atoms with Crippen molar-refractivity contribution in [1.82, 2.24) is 15.1 Å². The molecule has 5 nitrogen and oxygen atoms in total. The van der Waals surface area contributed by atoms with Gasteiger partial charge in [0.1, 0.15) is 0 Å². The summed E-state index contributed by atoms with van der Waals surface area (Å²) in [5.74, 6) is 1.83. The van der Waals surface area contributed by atoms with Crippen molar-refractivity contribution < 1.29 is 4.74 Å². The number of aliphatic imine (C=N–C) groups is 1. The molecule has 0 aliphatic carbocycles. The molecular formula is C22H37IN4O. The highest BCUT2D eigenvalue weighted by atomic mass is 127. The van der Waals surface area contributed by atoms with Gasteiger partial charge in [-0.2, -0.15) is 0 Å². The Balaban J connectivity index is 0.00000280. The van der Waals surface area contributed by atoms with Crippen LogP contribution in [-0.2, 0) is 17.6 Å². The van der Waals surface area contributed by atoms with Gasteiger partial charge in [0.25, 0.3) is 0 Å². The number of likely N-dealkylation sites (tertiary alicyclic amines) is 1. The fourth-order valence-corrected chi connectivity index (χ4v) is 3.98. The number of hydrogen-bond acceptors (Lipinski definition) is 3. The molecular weight excluding hydrogens is 463 g/mol. The third-order valence-corrected chi connectivity index (χ3v) is 5.63. The number of benzene rings is 1. The van der Waals surface area contributed by atoms with Gasteiger partial charge in [-0.25, -0.2) is 0 Å². The molecule has 1 atom stereocenters. The van der Waals surface area contributed by atoms with E-state index in [1.165, 1.54) is 24.1 Å². The first-order chi connectivity index (χ1) is 13.3. The molecule has 0 saturated carbocycles. The topological polar surface area (TPSA) is 40.1 Å². The first-order valence-electron chi connectivity index (χ1n) is 10.7. The molecule has 6 heteroatoms. The maximum absolute atomic E-state index is 5.47. The lowest BCUT2D eigenvalue weighted by Gasteiger charge is -2.29. The molecule has 1 aromatic rings. The second-order valence-electron chi connectivity index (χ2n) is 7.67. The molecule has 0 radical (unpaired) electrons. The Morgan fingerprint density at radius 2 is 1.82 bits per heavy atom. The number of halogens is 1. The van der Waals surface area contributed by atoms with Crippen molar-refractivity contribution >= 4 is 29.9 Å². The molecule has 158 valence electrons. The Kier molecular flexibility index (Phi) is 10.6. The summed E-state index contributed by atoms with van der Waals surface area (Å²) < 4.78 is 5.47. The van der Waals surface area contributed by atoms with E-state index in [1.54, 1.807) is 0 Å². The van der Waals surface area contributed by atoms with E-state index in [0.717, 1.165) is 77.2 Å². The van der Waals surface area contributed by atoms with Gasteiger partial charge in [0.15, 0.2) is 5.96 Å². The van der Waals surface area contributed by atoms with Crippen molar-refractivity contribution in [1.29, 1.82) is 0 Å². The highest BCUT2D eigenvalue weighted by Gasteiger charge is 2.27. The summed E-state index contributed by atoms with van der Waals surface area (Å²) in [6, 6.07) is 8.97. The molecule has 28 heavy (non-hydrogen) atoms. The number of nitrogens with zero attached hydrogens (tertiary/aromatic N) is 3. The van der Waals surface area contributed by atoms with E-state index >= 15 is 0 Å². The molecule has 0 spiro atoms.